The third-order valence-corrected chi connectivity index (χ3v) is 6.22. The van der Waals surface area contributed by atoms with E-state index in [1.54, 1.807) is 12.0 Å². The minimum Gasteiger partial charge on any atom is -0.497 e. The van der Waals surface area contributed by atoms with Gasteiger partial charge < -0.3 is 19.7 Å². The summed E-state index contributed by atoms with van der Waals surface area (Å²) in [5, 5.41) is 2.92. The molecule has 7 heteroatoms. The molecule has 1 atom stereocenters. The molecule has 6 nitrogen and oxygen atoms in total. The number of hydrogen-bond donors (Lipinski definition) is 1. The van der Waals surface area contributed by atoms with E-state index in [4.69, 9.17) is 9.47 Å². The van der Waals surface area contributed by atoms with Crippen LogP contribution < -0.4 is 14.8 Å². The molecular formula is C27H37BrN2O4. The second kappa shape index (κ2) is 12.8. The van der Waals surface area contributed by atoms with Crippen LogP contribution in [-0.4, -0.2) is 43.0 Å². The molecule has 0 unspecified atom stereocenters. The molecule has 0 radical (unpaired) electrons. The van der Waals surface area contributed by atoms with Gasteiger partial charge in [-0.25, -0.2) is 0 Å². The molecule has 0 aromatic heterocycles. The van der Waals surface area contributed by atoms with Crippen molar-refractivity contribution in [2.75, 3.05) is 20.3 Å². The van der Waals surface area contributed by atoms with Gasteiger partial charge in [-0.2, -0.15) is 0 Å². The van der Waals surface area contributed by atoms with Gasteiger partial charge in [0.2, 0.25) is 5.91 Å². The van der Waals surface area contributed by atoms with E-state index >= 15 is 0 Å². The summed E-state index contributed by atoms with van der Waals surface area (Å²) in [6, 6.07) is 12.8. The third-order valence-electron chi connectivity index (χ3n) is 5.60. The van der Waals surface area contributed by atoms with Crippen molar-refractivity contribution in [3.05, 3.63) is 58.1 Å². The molecule has 0 heterocycles. The minimum atomic E-state index is -0.587. The zero-order valence-corrected chi connectivity index (χ0v) is 22.7. The standard InChI is InChI=1S/C27H37BrN2O4/c1-7-15-29-26(32)23(8-2)30(17-19-9-12-21(33-6)13-10-19)25(31)18-34-24-14-11-20(16-22(24)28)27(3,4)5/h9-14,16,23H,7-8,15,17-18H2,1-6H3,(H,29,32)/t23-/m1/s1. The fraction of sp³-hybridized carbons (Fsp3) is 0.481. The Bertz CT molecular complexity index is 954. The molecule has 0 fully saturated rings. The first-order chi connectivity index (χ1) is 16.1. The first-order valence-corrected chi connectivity index (χ1v) is 12.5. The van der Waals surface area contributed by atoms with Crippen molar-refractivity contribution in [3.63, 3.8) is 0 Å². The Morgan fingerprint density at radius 2 is 1.76 bits per heavy atom. The number of methoxy groups -OCH3 is 1. The van der Waals surface area contributed by atoms with E-state index in [1.807, 2.05) is 56.3 Å². The zero-order valence-electron chi connectivity index (χ0n) is 21.1. The highest BCUT2D eigenvalue weighted by atomic mass is 79.9. The fourth-order valence-electron chi connectivity index (χ4n) is 3.52. The SMILES string of the molecule is CCCNC(=O)[C@@H](CC)N(Cc1ccc(OC)cc1)C(=O)COc1ccc(C(C)(C)C)cc1Br. The predicted molar refractivity (Wildman–Crippen MR) is 139 cm³/mol. The van der Waals surface area contributed by atoms with Crippen LogP contribution in [0.4, 0.5) is 0 Å². The largest absolute Gasteiger partial charge is 0.497 e. The molecule has 0 saturated heterocycles. The summed E-state index contributed by atoms with van der Waals surface area (Å²) in [6.07, 6.45) is 1.33. The summed E-state index contributed by atoms with van der Waals surface area (Å²) in [5.74, 6) is 0.929. The van der Waals surface area contributed by atoms with E-state index in [0.29, 0.717) is 25.3 Å². The maximum Gasteiger partial charge on any atom is 0.261 e. The van der Waals surface area contributed by atoms with Crippen LogP contribution in [0.15, 0.2) is 46.9 Å². The molecule has 34 heavy (non-hydrogen) atoms. The van der Waals surface area contributed by atoms with Gasteiger partial charge in [0.25, 0.3) is 5.91 Å². The van der Waals surface area contributed by atoms with E-state index < -0.39 is 6.04 Å². The molecule has 0 aliphatic carbocycles. The van der Waals surface area contributed by atoms with Gasteiger partial charge in [-0.3, -0.25) is 9.59 Å². The van der Waals surface area contributed by atoms with Crippen molar-refractivity contribution in [3.8, 4) is 11.5 Å². The lowest BCUT2D eigenvalue weighted by molar-refractivity contribution is -0.143. The average Bonchev–Trinajstić information content (AvgIpc) is 2.81. The van der Waals surface area contributed by atoms with Gasteiger partial charge in [0, 0.05) is 13.1 Å². The lowest BCUT2D eigenvalue weighted by Gasteiger charge is -2.30. The van der Waals surface area contributed by atoms with E-state index in [2.05, 4.69) is 42.0 Å². The molecule has 0 spiro atoms. The minimum absolute atomic E-state index is 0.00618. The molecule has 2 amide bonds. The fourth-order valence-corrected chi connectivity index (χ4v) is 4.01. The lowest BCUT2D eigenvalue weighted by Crippen LogP contribution is -2.50. The normalized spacial score (nSPS) is 12.1. The van der Waals surface area contributed by atoms with E-state index in [-0.39, 0.29) is 23.8 Å². The van der Waals surface area contributed by atoms with Crippen LogP contribution in [-0.2, 0) is 21.5 Å². The topological polar surface area (TPSA) is 67.9 Å². The second-order valence-corrected chi connectivity index (χ2v) is 10.1. The van der Waals surface area contributed by atoms with Crippen molar-refractivity contribution >= 4 is 27.7 Å². The van der Waals surface area contributed by atoms with Gasteiger partial charge in [-0.05, 0) is 69.6 Å². The molecule has 186 valence electrons. The number of halogens is 1. The Hall–Kier alpha value is -2.54. The number of amides is 2. The number of nitrogens with one attached hydrogen (secondary N) is 1. The van der Waals surface area contributed by atoms with Gasteiger partial charge in [0.05, 0.1) is 11.6 Å². The van der Waals surface area contributed by atoms with Crippen LogP contribution in [0.5, 0.6) is 11.5 Å². The second-order valence-electron chi connectivity index (χ2n) is 9.27. The number of carbonyl (C=O) groups excluding carboxylic acids is 2. The van der Waals surface area contributed by atoms with E-state index in [0.717, 1.165) is 27.8 Å². The molecule has 0 aliphatic heterocycles. The summed E-state index contributed by atoms with van der Waals surface area (Å²) in [7, 11) is 1.61. The highest BCUT2D eigenvalue weighted by molar-refractivity contribution is 9.10. The first kappa shape index (κ1) is 27.7. The smallest absolute Gasteiger partial charge is 0.261 e. The van der Waals surface area contributed by atoms with Crippen LogP contribution in [0, 0.1) is 0 Å². The van der Waals surface area contributed by atoms with Crippen LogP contribution in [0.3, 0.4) is 0 Å². The summed E-state index contributed by atoms with van der Waals surface area (Å²) >= 11 is 3.56. The Kier molecular flexibility index (Phi) is 10.4. The number of rotatable bonds is 11. The monoisotopic (exact) mass is 532 g/mol. The van der Waals surface area contributed by atoms with Crippen LogP contribution in [0.25, 0.3) is 0 Å². The third kappa shape index (κ3) is 7.76. The van der Waals surface area contributed by atoms with Gasteiger partial charge in [0.1, 0.15) is 17.5 Å². The Labute approximate surface area is 212 Å². The highest BCUT2D eigenvalue weighted by Crippen LogP contribution is 2.31. The van der Waals surface area contributed by atoms with Crippen molar-refractivity contribution in [2.45, 2.75) is 65.5 Å². The molecule has 2 rings (SSSR count). The van der Waals surface area contributed by atoms with Crippen LogP contribution >= 0.6 is 15.9 Å². The summed E-state index contributed by atoms with van der Waals surface area (Å²) in [5.41, 5.74) is 2.08. The first-order valence-electron chi connectivity index (χ1n) is 11.7. The van der Waals surface area contributed by atoms with Gasteiger partial charge in [-0.15, -0.1) is 0 Å². The number of ether oxygens (including phenoxy) is 2. The highest BCUT2D eigenvalue weighted by Gasteiger charge is 2.29. The van der Waals surface area contributed by atoms with Gasteiger partial charge in [-0.1, -0.05) is 52.8 Å². The Morgan fingerprint density at radius 3 is 2.29 bits per heavy atom. The quantitative estimate of drug-likeness (QED) is 0.416. The number of benzene rings is 2. The van der Waals surface area contributed by atoms with Crippen LogP contribution in [0.2, 0.25) is 0 Å². The molecular weight excluding hydrogens is 496 g/mol. The van der Waals surface area contributed by atoms with Gasteiger partial charge >= 0.3 is 0 Å². The molecule has 0 bridgehead atoms. The average molecular weight is 534 g/mol. The van der Waals surface area contributed by atoms with E-state index in [1.165, 1.54) is 0 Å². The summed E-state index contributed by atoms with van der Waals surface area (Å²) in [4.78, 5) is 27.8. The molecule has 1 N–H and O–H groups in total. The maximum atomic E-state index is 13.3. The van der Waals surface area contributed by atoms with E-state index in [9.17, 15) is 9.59 Å². The molecule has 0 aliphatic rings. The molecule has 2 aromatic carbocycles. The Morgan fingerprint density at radius 1 is 1.09 bits per heavy atom. The maximum absolute atomic E-state index is 13.3. The molecule has 0 saturated carbocycles. The number of carbonyl (C=O) groups is 2. The van der Waals surface area contributed by atoms with Crippen molar-refractivity contribution in [1.29, 1.82) is 0 Å². The van der Waals surface area contributed by atoms with Crippen molar-refractivity contribution in [1.82, 2.24) is 10.2 Å². The van der Waals surface area contributed by atoms with Gasteiger partial charge in [0.15, 0.2) is 6.61 Å². The Balaban J connectivity index is 2.22. The molecule has 2 aromatic rings. The summed E-state index contributed by atoms with van der Waals surface area (Å²) in [6.45, 7) is 11.0. The van der Waals surface area contributed by atoms with Crippen molar-refractivity contribution in [2.24, 2.45) is 0 Å². The number of nitrogens with zero attached hydrogens (tertiary/aromatic N) is 1. The van der Waals surface area contributed by atoms with Crippen LogP contribution in [0.1, 0.15) is 58.6 Å². The zero-order chi connectivity index (χ0) is 25.3. The number of hydrogen-bond acceptors (Lipinski definition) is 4. The predicted octanol–water partition coefficient (Wildman–Crippen LogP) is 5.47. The lowest BCUT2D eigenvalue weighted by atomic mass is 9.87. The summed E-state index contributed by atoms with van der Waals surface area (Å²) < 4.78 is 11.9. The van der Waals surface area contributed by atoms with Crippen molar-refractivity contribution < 1.29 is 19.1 Å².